The first kappa shape index (κ1) is 15.0. The molecule has 0 spiro atoms. The van der Waals surface area contributed by atoms with Crippen LogP contribution in [-0.2, 0) is 0 Å². The SMILES string of the molecule is [2H]C([2H])([2H])C([2H])(CCC[C@@H](C)[C@H]1CC[C@H]2/C(=C/C=C3C[C@@H](O)C[C@H](O)C3=C)CCC[C@]12C)C([2H])([2H])[2H]. The Labute approximate surface area is 189 Å². The normalized spacial score (nSPS) is 44.1. The molecule has 3 fully saturated rings. The second-order valence-corrected chi connectivity index (χ2v) is 10.0. The minimum absolute atomic E-state index is 0.136. The molecule has 6 atom stereocenters. The van der Waals surface area contributed by atoms with E-state index in [4.69, 9.17) is 9.60 Å². The summed E-state index contributed by atoms with van der Waals surface area (Å²) in [5.74, 6) is -1.19. The zero-order valence-corrected chi connectivity index (χ0v) is 18.2. The third-order valence-corrected chi connectivity index (χ3v) is 8.08. The van der Waals surface area contributed by atoms with Crippen molar-refractivity contribution in [2.24, 2.45) is 29.1 Å². The molecule has 0 bridgehead atoms. The summed E-state index contributed by atoms with van der Waals surface area (Å²) < 4.78 is 54.2. The monoisotopic (exact) mass is 407 g/mol. The Morgan fingerprint density at radius 2 is 2.07 bits per heavy atom. The van der Waals surface area contributed by atoms with Crippen molar-refractivity contribution >= 4 is 0 Å². The molecule has 0 saturated heterocycles. The van der Waals surface area contributed by atoms with E-state index in [1.807, 2.05) is 6.08 Å². The molecule has 0 aromatic carbocycles. The van der Waals surface area contributed by atoms with E-state index in [-0.39, 0.29) is 11.8 Å². The lowest BCUT2D eigenvalue weighted by atomic mass is 9.60. The smallest absolute Gasteiger partial charge is 0.0811 e. The number of hydrogen-bond acceptors (Lipinski definition) is 2. The molecule has 0 unspecified atom stereocenters. The van der Waals surface area contributed by atoms with Gasteiger partial charge in [0, 0.05) is 16.0 Å². The van der Waals surface area contributed by atoms with E-state index in [2.05, 4.69) is 26.5 Å². The molecule has 3 aliphatic carbocycles. The lowest BCUT2D eigenvalue weighted by molar-refractivity contribution is 0.0861. The van der Waals surface area contributed by atoms with Gasteiger partial charge in [0.15, 0.2) is 0 Å². The number of fused-ring (bicyclic) bond motifs is 1. The van der Waals surface area contributed by atoms with Crippen molar-refractivity contribution in [3.63, 3.8) is 0 Å². The molecular formula is C27H44O2. The van der Waals surface area contributed by atoms with Crippen LogP contribution in [0.4, 0.5) is 0 Å². The van der Waals surface area contributed by atoms with Crippen molar-refractivity contribution in [1.82, 2.24) is 0 Å². The molecule has 0 radical (unpaired) electrons. The highest BCUT2D eigenvalue weighted by molar-refractivity contribution is 5.38. The summed E-state index contributed by atoms with van der Waals surface area (Å²) in [5, 5.41) is 20.2. The summed E-state index contributed by atoms with van der Waals surface area (Å²) >= 11 is 0. The lowest BCUT2D eigenvalue weighted by Crippen LogP contribution is -2.36. The Morgan fingerprint density at radius 3 is 2.83 bits per heavy atom. The Bertz CT molecular complexity index is 858. The zero-order chi connectivity index (χ0) is 27.1. The zero-order valence-electron chi connectivity index (χ0n) is 25.2. The fourth-order valence-corrected chi connectivity index (χ4v) is 6.48. The number of aliphatic hydroxyl groups excluding tert-OH is 2. The van der Waals surface area contributed by atoms with Crippen LogP contribution in [0.1, 0.15) is 101 Å². The first-order chi connectivity index (χ1) is 16.5. The first-order valence-electron chi connectivity index (χ1n) is 15.0. The molecule has 3 rings (SSSR count). The molecule has 0 aromatic heterocycles. The van der Waals surface area contributed by atoms with Crippen molar-refractivity contribution in [2.75, 3.05) is 0 Å². The fourth-order valence-electron chi connectivity index (χ4n) is 6.48. The van der Waals surface area contributed by atoms with Gasteiger partial charge in [-0.3, -0.25) is 0 Å². The van der Waals surface area contributed by atoms with Gasteiger partial charge in [-0.1, -0.05) is 71.1 Å². The van der Waals surface area contributed by atoms with E-state index in [1.165, 1.54) is 5.57 Å². The van der Waals surface area contributed by atoms with Crippen molar-refractivity contribution in [3.05, 3.63) is 35.5 Å². The van der Waals surface area contributed by atoms with Gasteiger partial charge in [-0.2, -0.15) is 0 Å². The number of allylic oxidation sites excluding steroid dienone is 3. The summed E-state index contributed by atoms with van der Waals surface area (Å²) in [5.41, 5.74) is 3.18. The van der Waals surface area contributed by atoms with Gasteiger partial charge < -0.3 is 10.2 Å². The van der Waals surface area contributed by atoms with Gasteiger partial charge in [-0.25, -0.2) is 0 Å². The Kier molecular flexibility index (Phi) is 4.93. The molecule has 0 aliphatic heterocycles. The van der Waals surface area contributed by atoms with Crippen molar-refractivity contribution in [2.45, 2.75) is 104 Å². The Hall–Kier alpha value is -0.860. The molecule has 3 saturated carbocycles. The maximum atomic E-state index is 10.2. The fraction of sp³-hybridized carbons (Fsp3) is 0.778. The lowest BCUT2D eigenvalue weighted by Gasteiger charge is -2.44. The van der Waals surface area contributed by atoms with Crippen molar-refractivity contribution in [1.29, 1.82) is 0 Å². The van der Waals surface area contributed by atoms with E-state index in [1.54, 1.807) is 0 Å². The molecular weight excluding hydrogens is 356 g/mol. The second kappa shape index (κ2) is 9.52. The molecule has 2 N–H and O–H groups in total. The van der Waals surface area contributed by atoms with Crippen molar-refractivity contribution < 1.29 is 19.8 Å². The van der Waals surface area contributed by atoms with Crippen LogP contribution in [0.25, 0.3) is 0 Å². The van der Waals surface area contributed by atoms with Gasteiger partial charge in [0.05, 0.1) is 12.2 Å². The quantitative estimate of drug-likeness (QED) is 0.521. The third-order valence-electron chi connectivity index (χ3n) is 8.08. The van der Waals surface area contributed by atoms with E-state index >= 15 is 0 Å². The average Bonchev–Trinajstić information content (AvgIpc) is 3.11. The van der Waals surface area contributed by atoms with Gasteiger partial charge in [0.25, 0.3) is 0 Å². The van der Waals surface area contributed by atoms with Crippen LogP contribution in [0.2, 0.25) is 0 Å². The summed E-state index contributed by atoms with van der Waals surface area (Å²) in [6.45, 7) is 2.90. The van der Waals surface area contributed by atoms with Crippen LogP contribution in [0.5, 0.6) is 0 Å². The molecule has 0 heterocycles. The van der Waals surface area contributed by atoms with Gasteiger partial charge in [0.2, 0.25) is 0 Å². The van der Waals surface area contributed by atoms with Crippen LogP contribution in [0.15, 0.2) is 35.5 Å². The molecule has 164 valence electrons. The van der Waals surface area contributed by atoms with Crippen LogP contribution >= 0.6 is 0 Å². The van der Waals surface area contributed by atoms with E-state index in [9.17, 15) is 10.2 Å². The van der Waals surface area contributed by atoms with Crippen LogP contribution in [0.3, 0.4) is 0 Å². The number of rotatable bonds is 6. The maximum absolute atomic E-state index is 10.2. The van der Waals surface area contributed by atoms with E-state index in [0.29, 0.717) is 42.6 Å². The summed E-state index contributed by atoms with van der Waals surface area (Å²) in [6.07, 6.45) is 10.3. The standard InChI is InChI=1S/C27H44O2/c1-18(2)8-6-9-19(3)24-13-14-25-21(10-7-15-27(24,25)5)11-12-22-16-23(28)17-26(29)20(22)4/h11-12,18-19,23-26,28-29H,4,6-10,13-17H2,1-3,5H3/b21-11+,22-12?/t19-,23-,24-,25+,26+,27-/m1/s1/i1D3,2D3,18D. The van der Waals surface area contributed by atoms with Gasteiger partial charge in [0.1, 0.15) is 0 Å². The Morgan fingerprint density at radius 1 is 1.28 bits per heavy atom. The summed E-state index contributed by atoms with van der Waals surface area (Å²) in [7, 11) is 0. The van der Waals surface area contributed by atoms with Crippen LogP contribution in [0, 0.1) is 29.1 Å². The predicted molar refractivity (Wildman–Crippen MR) is 123 cm³/mol. The second-order valence-electron chi connectivity index (χ2n) is 10.0. The van der Waals surface area contributed by atoms with Gasteiger partial charge >= 0.3 is 0 Å². The molecule has 0 amide bonds. The molecule has 3 aliphatic rings. The van der Waals surface area contributed by atoms with Crippen molar-refractivity contribution in [3.8, 4) is 0 Å². The van der Waals surface area contributed by atoms with E-state index < -0.39 is 31.8 Å². The Balaban J connectivity index is 1.69. The highest BCUT2D eigenvalue weighted by atomic mass is 16.3. The minimum Gasteiger partial charge on any atom is -0.393 e. The summed E-state index contributed by atoms with van der Waals surface area (Å²) in [4.78, 5) is 0. The minimum atomic E-state index is -2.85. The molecule has 29 heavy (non-hydrogen) atoms. The largest absolute Gasteiger partial charge is 0.393 e. The summed E-state index contributed by atoms with van der Waals surface area (Å²) in [6, 6.07) is 0. The number of hydrogen-bond donors (Lipinski definition) is 2. The molecule has 0 aromatic rings. The first-order valence-corrected chi connectivity index (χ1v) is 11.5. The highest BCUT2D eigenvalue weighted by Gasteiger charge is 2.50. The highest BCUT2D eigenvalue weighted by Crippen LogP contribution is 2.59. The predicted octanol–water partition coefficient (Wildman–Crippen LogP) is 6.59. The molecule has 2 nitrogen and oxygen atoms in total. The topological polar surface area (TPSA) is 40.5 Å². The molecule has 2 heteroatoms. The van der Waals surface area contributed by atoms with Crippen LogP contribution < -0.4 is 0 Å². The van der Waals surface area contributed by atoms with Gasteiger partial charge in [-0.15, -0.1) is 0 Å². The third kappa shape index (κ3) is 5.07. The van der Waals surface area contributed by atoms with Crippen LogP contribution in [-0.4, -0.2) is 22.4 Å². The average molecular weight is 408 g/mol. The van der Waals surface area contributed by atoms with E-state index in [0.717, 1.165) is 44.1 Å². The maximum Gasteiger partial charge on any atom is 0.0811 e. The number of aliphatic hydroxyl groups is 2. The van der Waals surface area contributed by atoms with Gasteiger partial charge in [-0.05, 0) is 78.7 Å².